The van der Waals surface area contributed by atoms with Gasteiger partial charge in [0.15, 0.2) is 0 Å². The van der Waals surface area contributed by atoms with Crippen LogP contribution in [0.1, 0.15) is 45.4 Å². The number of ether oxygens (including phenoxy) is 1. The molecule has 0 aromatic carbocycles. The van der Waals surface area contributed by atoms with Crippen molar-refractivity contribution in [2.24, 2.45) is 17.8 Å². The lowest BCUT2D eigenvalue weighted by Gasteiger charge is -2.48. The van der Waals surface area contributed by atoms with E-state index in [1.807, 2.05) is 0 Å². The van der Waals surface area contributed by atoms with Crippen molar-refractivity contribution in [3.8, 4) is 0 Å². The highest BCUT2D eigenvalue weighted by atomic mass is 16.5. The highest BCUT2D eigenvalue weighted by Gasteiger charge is 2.48. The summed E-state index contributed by atoms with van der Waals surface area (Å²) in [7, 11) is 0. The first kappa shape index (κ1) is 10.1. The molecule has 2 nitrogen and oxygen atoms in total. The molecule has 3 fully saturated rings. The second-order valence-corrected chi connectivity index (χ2v) is 6.01. The molecule has 0 aromatic heterocycles. The lowest BCUT2D eigenvalue weighted by molar-refractivity contribution is -0.158. The highest BCUT2D eigenvalue weighted by molar-refractivity contribution is 4.99. The van der Waals surface area contributed by atoms with Crippen LogP contribution in [0.2, 0.25) is 0 Å². The van der Waals surface area contributed by atoms with E-state index >= 15 is 0 Å². The van der Waals surface area contributed by atoms with Gasteiger partial charge in [-0.05, 0) is 56.3 Å². The van der Waals surface area contributed by atoms with Crippen LogP contribution in [0.5, 0.6) is 0 Å². The fraction of sp³-hybridized carbons (Fsp3) is 1.00. The summed E-state index contributed by atoms with van der Waals surface area (Å²) >= 11 is 0. The summed E-state index contributed by atoms with van der Waals surface area (Å²) in [6.45, 7) is 3.13. The molecule has 2 aliphatic carbocycles. The first-order valence-electron chi connectivity index (χ1n) is 6.52. The zero-order chi connectivity index (χ0) is 10.5. The van der Waals surface area contributed by atoms with Crippen LogP contribution < -0.4 is 0 Å². The smallest absolute Gasteiger partial charge is 0.0686 e. The molecule has 0 amide bonds. The Kier molecular flexibility index (Phi) is 2.33. The predicted molar refractivity (Wildman–Crippen MR) is 58.5 cm³/mol. The quantitative estimate of drug-likeness (QED) is 0.758. The molecule has 1 N–H and O–H groups in total. The van der Waals surface area contributed by atoms with E-state index in [0.29, 0.717) is 11.8 Å². The van der Waals surface area contributed by atoms with E-state index in [0.717, 1.165) is 25.4 Å². The molecule has 86 valence electrons. The number of aliphatic hydroxyl groups is 1. The van der Waals surface area contributed by atoms with Crippen molar-refractivity contribution in [3.05, 3.63) is 0 Å². The average molecular weight is 210 g/mol. The van der Waals surface area contributed by atoms with Gasteiger partial charge in [-0.1, -0.05) is 6.92 Å². The van der Waals surface area contributed by atoms with Gasteiger partial charge in [-0.15, -0.1) is 0 Å². The fourth-order valence-corrected chi connectivity index (χ4v) is 3.45. The van der Waals surface area contributed by atoms with Gasteiger partial charge in [0.1, 0.15) is 0 Å². The summed E-state index contributed by atoms with van der Waals surface area (Å²) in [6, 6.07) is 0. The third-order valence-corrected chi connectivity index (χ3v) is 4.89. The van der Waals surface area contributed by atoms with Crippen molar-refractivity contribution in [2.45, 2.75) is 57.2 Å². The Labute approximate surface area is 92.0 Å². The van der Waals surface area contributed by atoms with Crippen molar-refractivity contribution >= 4 is 0 Å². The topological polar surface area (TPSA) is 29.5 Å². The Hall–Kier alpha value is -0.0800. The normalized spacial score (nSPS) is 44.8. The Balaban J connectivity index is 1.61. The summed E-state index contributed by atoms with van der Waals surface area (Å²) in [4.78, 5) is 0. The van der Waals surface area contributed by atoms with Crippen LogP contribution >= 0.6 is 0 Å². The Morgan fingerprint density at radius 3 is 2.67 bits per heavy atom. The zero-order valence-electron chi connectivity index (χ0n) is 9.61. The molecule has 0 bridgehead atoms. The van der Waals surface area contributed by atoms with Crippen LogP contribution in [0.25, 0.3) is 0 Å². The minimum absolute atomic E-state index is 0.0404. The summed E-state index contributed by atoms with van der Waals surface area (Å²) in [5, 5.41) is 10.3. The van der Waals surface area contributed by atoms with Crippen LogP contribution in [0, 0.1) is 17.8 Å². The van der Waals surface area contributed by atoms with Crippen LogP contribution in [0.4, 0.5) is 0 Å². The largest absolute Gasteiger partial charge is 0.393 e. The van der Waals surface area contributed by atoms with Crippen molar-refractivity contribution in [1.29, 1.82) is 0 Å². The number of hydrogen-bond donors (Lipinski definition) is 1. The van der Waals surface area contributed by atoms with E-state index in [9.17, 15) is 5.11 Å². The second kappa shape index (κ2) is 3.46. The monoisotopic (exact) mass is 210 g/mol. The van der Waals surface area contributed by atoms with E-state index in [-0.39, 0.29) is 11.7 Å². The van der Waals surface area contributed by atoms with Gasteiger partial charge >= 0.3 is 0 Å². The highest BCUT2D eigenvalue weighted by Crippen LogP contribution is 2.49. The molecule has 4 atom stereocenters. The van der Waals surface area contributed by atoms with E-state index in [1.54, 1.807) is 0 Å². The van der Waals surface area contributed by atoms with Crippen molar-refractivity contribution < 1.29 is 9.84 Å². The van der Waals surface area contributed by atoms with Gasteiger partial charge in [0.25, 0.3) is 0 Å². The van der Waals surface area contributed by atoms with Crippen LogP contribution in [0.3, 0.4) is 0 Å². The summed E-state index contributed by atoms with van der Waals surface area (Å²) in [6.07, 6.45) is 7.19. The molecule has 4 unspecified atom stereocenters. The maximum atomic E-state index is 10.3. The maximum absolute atomic E-state index is 10.3. The number of aliphatic hydroxyl groups excluding tert-OH is 1. The summed E-state index contributed by atoms with van der Waals surface area (Å²) < 4.78 is 5.90. The molecule has 2 saturated carbocycles. The van der Waals surface area contributed by atoms with Gasteiger partial charge in [-0.2, -0.15) is 0 Å². The number of hydrogen-bond acceptors (Lipinski definition) is 2. The van der Waals surface area contributed by atoms with Crippen molar-refractivity contribution in [3.63, 3.8) is 0 Å². The molecule has 0 aromatic rings. The van der Waals surface area contributed by atoms with Gasteiger partial charge in [-0.25, -0.2) is 0 Å². The number of rotatable bonds is 2. The second-order valence-electron chi connectivity index (χ2n) is 6.01. The Morgan fingerprint density at radius 2 is 2.13 bits per heavy atom. The SMILES string of the molecule is CC1CC1C(O)C1CCOC2(CCC2)C1. The molecule has 15 heavy (non-hydrogen) atoms. The molecule has 3 rings (SSSR count). The Morgan fingerprint density at radius 1 is 1.40 bits per heavy atom. The third kappa shape index (κ3) is 1.72. The molecular weight excluding hydrogens is 188 g/mol. The van der Waals surface area contributed by atoms with Gasteiger partial charge in [0, 0.05) is 6.61 Å². The standard InChI is InChI=1S/C13H22O2/c1-9-7-11(9)12(14)10-3-6-15-13(8-10)4-2-5-13/h9-12,14H,2-8H2,1H3. The van der Waals surface area contributed by atoms with E-state index < -0.39 is 0 Å². The minimum Gasteiger partial charge on any atom is -0.393 e. The molecular formula is C13H22O2. The van der Waals surface area contributed by atoms with E-state index in [2.05, 4.69) is 6.92 Å². The van der Waals surface area contributed by atoms with Gasteiger partial charge in [-0.3, -0.25) is 0 Å². The lowest BCUT2D eigenvalue weighted by Crippen LogP contribution is -2.48. The van der Waals surface area contributed by atoms with Gasteiger partial charge < -0.3 is 9.84 Å². The average Bonchev–Trinajstić information content (AvgIpc) is 2.92. The molecule has 1 saturated heterocycles. The summed E-state index contributed by atoms with van der Waals surface area (Å²) in [5.74, 6) is 1.89. The van der Waals surface area contributed by atoms with Crippen molar-refractivity contribution in [1.82, 2.24) is 0 Å². The first-order valence-corrected chi connectivity index (χ1v) is 6.52. The van der Waals surface area contributed by atoms with Crippen LogP contribution in [-0.2, 0) is 4.74 Å². The van der Waals surface area contributed by atoms with E-state index in [4.69, 9.17) is 4.74 Å². The van der Waals surface area contributed by atoms with Crippen LogP contribution in [0.15, 0.2) is 0 Å². The molecule has 1 spiro atoms. The minimum atomic E-state index is -0.0404. The molecule has 1 aliphatic heterocycles. The molecule has 1 heterocycles. The molecule has 0 radical (unpaired) electrons. The van der Waals surface area contributed by atoms with Crippen molar-refractivity contribution in [2.75, 3.05) is 6.61 Å². The van der Waals surface area contributed by atoms with E-state index in [1.165, 1.54) is 25.7 Å². The molecule has 2 heteroatoms. The molecule has 3 aliphatic rings. The summed E-state index contributed by atoms with van der Waals surface area (Å²) in [5.41, 5.74) is 0.196. The van der Waals surface area contributed by atoms with Gasteiger partial charge in [0.05, 0.1) is 11.7 Å². The lowest BCUT2D eigenvalue weighted by atomic mass is 9.70. The third-order valence-electron chi connectivity index (χ3n) is 4.89. The maximum Gasteiger partial charge on any atom is 0.0686 e. The first-order chi connectivity index (χ1) is 7.20. The van der Waals surface area contributed by atoms with Crippen LogP contribution in [-0.4, -0.2) is 23.4 Å². The zero-order valence-corrected chi connectivity index (χ0v) is 9.61. The Bertz CT molecular complexity index is 247. The fourth-order valence-electron chi connectivity index (χ4n) is 3.45. The predicted octanol–water partition coefficient (Wildman–Crippen LogP) is 2.35. The van der Waals surface area contributed by atoms with Gasteiger partial charge in [0.2, 0.25) is 0 Å².